The molecule has 0 aromatic rings. The summed E-state index contributed by atoms with van der Waals surface area (Å²) in [5.41, 5.74) is 0. The van der Waals surface area contributed by atoms with E-state index in [2.05, 4.69) is 13.8 Å². The van der Waals surface area contributed by atoms with Crippen LogP contribution in [0.2, 0.25) is 0 Å². The van der Waals surface area contributed by atoms with E-state index in [1.54, 1.807) is 18.7 Å². The Morgan fingerprint density at radius 3 is 1.89 bits per heavy atom. The molecule has 1 nitrogen and oxygen atoms in total. The first-order valence-electron chi connectivity index (χ1n) is 7.45. The Balaban J connectivity index is 2.85. The third kappa shape index (κ3) is 5.33. The zero-order valence-corrected chi connectivity index (χ0v) is 12.8. The van der Waals surface area contributed by atoms with Crippen molar-refractivity contribution in [1.29, 1.82) is 0 Å². The second-order valence-corrected chi connectivity index (χ2v) is 6.85. The van der Waals surface area contributed by atoms with E-state index in [1.165, 1.54) is 0 Å². The summed E-state index contributed by atoms with van der Waals surface area (Å²) >= 11 is 0. The quantitative estimate of drug-likeness (QED) is 0.652. The van der Waals surface area contributed by atoms with Crippen LogP contribution in [0.1, 0.15) is 53.9 Å². The Hall–Kier alpha value is -0.250. The topological polar surface area (TPSA) is 3.24 Å². The van der Waals surface area contributed by atoms with Gasteiger partial charge in [0.25, 0.3) is 0 Å². The minimum absolute atomic E-state index is 0.00498. The molecule has 1 saturated carbocycles. The molecule has 19 heavy (non-hydrogen) atoms. The van der Waals surface area contributed by atoms with Crippen molar-refractivity contribution >= 4 is 0 Å². The van der Waals surface area contributed by atoms with Gasteiger partial charge in [-0.2, -0.15) is 13.2 Å². The highest BCUT2D eigenvalue weighted by molar-refractivity contribution is 4.89. The summed E-state index contributed by atoms with van der Waals surface area (Å²) in [6, 6.07) is -1.31. The molecule has 1 aliphatic rings. The maximum Gasteiger partial charge on any atom is 0.404 e. The molecule has 0 aromatic carbocycles. The molecule has 0 saturated heterocycles. The number of nitrogens with zero attached hydrogens (tertiary/aromatic N) is 1. The molecule has 0 aromatic heterocycles. The van der Waals surface area contributed by atoms with Crippen molar-refractivity contribution < 1.29 is 13.2 Å². The summed E-state index contributed by atoms with van der Waals surface area (Å²) < 4.78 is 40.0. The van der Waals surface area contributed by atoms with Crippen molar-refractivity contribution in [3.8, 4) is 0 Å². The van der Waals surface area contributed by atoms with Crippen molar-refractivity contribution in [1.82, 2.24) is 4.90 Å². The highest BCUT2D eigenvalue weighted by Gasteiger charge is 2.47. The highest BCUT2D eigenvalue weighted by Crippen LogP contribution is 2.37. The summed E-state index contributed by atoms with van der Waals surface area (Å²) in [4.78, 5) is 1.72. The van der Waals surface area contributed by atoms with Crippen molar-refractivity contribution in [2.75, 3.05) is 6.54 Å². The summed E-state index contributed by atoms with van der Waals surface area (Å²) in [6.07, 6.45) is -1.12. The minimum atomic E-state index is -4.13. The average Bonchev–Trinajstić information content (AvgIpc) is 2.96. The van der Waals surface area contributed by atoms with Crippen LogP contribution in [0.25, 0.3) is 0 Å². The van der Waals surface area contributed by atoms with Crippen LogP contribution < -0.4 is 0 Å². The fraction of sp³-hybridized carbons (Fsp3) is 1.00. The molecule has 1 fully saturated rings. The van der Waals surface area contributed by atoms with Crippen molar-refractivity contribution in [2.24, 2.45) is 17.8 Å². The van der Waals surface area contributed by atoms with Gasteiger partial charge in [0.1, 0.15) is 6.04 Å². The summed E-state index contributed by atoms with van der Waals surface area (Å²) in [6.45, 7) is 10.1. The van der Waals surface area contributed by atoms with Gasteiger partial charge < -0.3 is 0 Å². The van der Waals surface area contributed by atoms with Crippen LogP contribution in [0.3, 0.4) is 0 Å². The third-order valence-corrected chi connectivity index (χ3v) is 3.87. The normalized spacial score (nSPS) is 20.4. The maximum atomic E-state index is 13.3. The van der Waals surface area contributed by atoms with Crippen LogP contribution in [0.15, 0.2) is 0 Å². The van der Waals surface area contributed by atoms with E-state index in [9.17, 15) is 13.2 Å². The lowest BCUT2D eigenvalue weighted by Gasteiger charge is -2.40. The minimum Gasteiger partial charge on any atom is -0.289 e. The highest BCUT2D eigenvalue weighted by atomic mass is 19.4. The number of halogens is 3. The van der Waals surface area contributed by atoms with Crippen LogP contribution >= 0.6 is 0 Å². The van der Waals surface area contributed by atoms with E-state index in [0.29, 0.717) is 18.4 Å². The second kappa shape index (κ2) is 6.47. The molecule has 0 unspecified atom stereocenters. The van der Waals surface area contributed by atoms with Crippen LogP contribution in [0.5, 0.6) is 0 Å². The van der Waals surface area contributed by atoms with E-state index >= 15 is 0 Å². The van der Waals surface area contributed by atoms with Gasteiger partial charge in [-0.1, -0.05) is 27.7 Å². The molecule has 0 heterocycles. The van der Waals surface area contributed by atoms with E-state index in [4.69, 9.17) is 0 Å². The summed E-state index contributed by atoms with van der Waals surface area (Å²) in [5.74, 6) is 0.518. The molecule has 1 rings (SSSR count). The van der Waals surface area contributed by atoms with Crippen molar-refractivity contribution in [2.45, 2.75) is 72.1 Å². The van der Waals surface area contributed by atoms with Crippen molar-refractivity contribution in [3.05, 3.63) is 0 Å². The van der Waals surface area contributed by atoms with E-state index in [0.717, 1.165) is 19.3 Å². The molecule has 1 aliphatic carbocycles. The predicted octanol–water partition coefficient (Wildman–Crippen LogP) is 4.72. The van der Waals surface area contributed by atoms with Crippen LogP contribution in [-0.4, -0.2) is 29.7 Å². The van der Waals surface area contributed by atoms with Gasteiger partial charge in [-0.3, -0.25) is 4.90 Å². The van der Waals surface area contributed by atoms with Crippen molar-refractivity contribution in [3.63, 3.8) is 0 Å². The monoisotopic (exact) mass is 279 g/mol. The maximum absolute atomic E-state index is 13.3. The Labute approximate surface area is 115 Å². The van der Waals surface area contributed by atoms with E-state index in [1.807, 2.05) is 6.92 Å². The van der Waals surface area contributed by atoms with E-state index in [-0.39, 0.29) is 6.04 Å². The zero-order chi connectivity index (χ0) is 14.8. The largest absolute Gasteiger partial charge is 0.404 e. The van der Waals surface area contributed by atoms with Gasteiger partial charge in [0.15, 0.2) is 0 Å². The first-order chi connectivity index (χ1) is 8.62. The Morgan fingerprint density at radius 1 is 1.05 bits per heavy atom. The lowest BCUT2D eigenvalue weighted by atomic mass is 9.96. The fourth-order valence-electron chi connectivity index (χ4n) is 2.93. The van der Waals surface area contributed by atoms with Crippen LogP contribution in [0.4, 0.5) is 13.2 Å². The molecule has 2 atom stereocenters. The van der Waals surface area contributed by atoms with Gasteiger partial charge in [0.2, 0.25) is 0 Å². The SMILES string of the molecule is CC(C)C[C@H](C)N(CC1CC1)[C@H](C(C)C)C(F)(F)F. The van der Waals surface area contributed by atoms with Gasteiger partial charge in [0.05, 0.1) is 0 Å². The van der Waals surface area contributed by atoms with Gasteiger partial charge in [-0.05, 0) is 43.9 Å². The molecule has 0 bridgehead atoms. The Morgan fingerprint density at radius 2 is 1.58 bits per heavy atom. The number of hydrogen-bond donors (Lipinski definition) is 0. The lowest BCUT2D eigenvalue weighted by molar-refractivity contribution is -0.201. The van der Waals surface area contributed by atoms with Gasteiger partial charge in [-0.15, -0.1) is 0 Å². The number of hydrogen-bond acceptors (Lipinski definition) is 1. The third-order valence-electron chi connectivity index (χ3n) is 3.87. The van der Waals surface area contributed by atoms with Gasteiger partial charge in [-0.25, -0.2) is 0 Å². The van der Waals surface area contributed by atoms with Gasteiger partial charge >= 0.3 is 6.18 Å². The molecule has 0 radical (unpaired) electrons. The lowest BCUT2D eigenvalue weighted by Crippen LogP contribution is -2.53. The van der Waals surface area contributed by atoms with Crippen LogP contribution in [-0.2, 0) is 0 Å². The second-order valence-electron chi connectivity index (χ2n) is 6.85. The first kappa shape index (κ1) is 16.8. The zero-order valence-electron chi connectivity index (χ0n) is 12.8. The van der Waals surface area contributed by atoms with Gasteiger partial charge in [0, 0.05) is 12.6 Å². The van der Waals surface area contributed by atoms with E-state index < -0.39 is 18.1 Å². The number of alkyl halides is 3. The molecular weight excluding hydrogens is 251 g/mol. The molecule has 0 N–H and O–H groups in total. The number of rotatable bonds is 7. The summed E-state index contributed by atoms with van der Waals surface area (Å²) in [5, 5.41) is 0. The van der Waals surface area contributed by atoms with Crippen LogP contribution in [0, 0.1) is 17.8 Å². The summed E-state index contributed by atoms with van der Waals surface area (Å²) in [7, 11) is 0. The molecule has 0 aliphatic heterocycles. The smallest absolute Gasteiger partial charge is 0.289 e. The average molecular weight is 279 g/mol. The fourth-order valence-corrected chi connectivity index (χ4v) is 2.93. The predicted molar refractivity (Wildman–Crippen MR) is 73.0 cm³/mol. The molecule has 0 amide bonds. The molecule has 114 valence electrons. The standard InChI is InChI=1S/C15H28F3N/c1-10(2)8-12(5)19(9-13-6-7-13)14(11(3)4)15(16,17)18/h10-14H,6-9H2,1-5H3/t12-,14+/m0/s1. The Bertz CT molecular complexity index is 269. The Kier molecular flexibility index (Phi) is 5.72. The molecule has 0 spiro atoms. The molecular formula is C15H28F3N. The molecule has 4 heteroatoms. The first-order valence-corrected chi connectivity index (χ1v) is 7.45.